The molecule has 1 saturated heterocycles. The molecule has 0 aromatic heterocycles. The van der Waals surface area contributed by atoms with Crippen molar-refractivity contribution < 1.29 is 0 Å². The molecule has 0 atom stereocenters. The average Bonchev–Trinajstić information content (AvgIpc) is 2.41. The number of piperidine rings is 1. The van der Waals surface area contributed by atoms with E-state index in [1.807, 2.05) is 12.1 Å². The molecular formula is C16H27IN4. The highest BCUT2D eigenvalue weighted by Gasteiger charge is 2.15. The monoisotopic (exact) mass is 402 g/mol. The van der Waals surface area contributed by atoms with Gasteiger partial charge in [0.2, 0.25) is 0 Å². The van der Waals surface area contributed by atoms with E-state index in [1.54, 1.807) is 0 Å². The first kappa shape index (κ1) is 18.2. The van der Waals surface area contributed by atoms with E-state index >= 15 is 0 Å². The first-order valence-electron chi connectivity index (χ1n) is 7.45. The van der Waals surface area contributed by atoms with Crippen LogP contribution in [0.3, 0.4) is 0 Å². The van der Waals surface area contributed by atoms with Crippen LogP contribution in [0.15, 0.2) is 29.3 Å². The van der Waals surface area contributed by atoms with Crippen molar-refractivity contribution in [2.75, 3.05) is 32.0 Å². The number of halogens is 1. The van der Waals surface area contributed by atoms with Crippen LogP contribution in [0.1, 0.15) is 24.8 Å². The number of nitrogens with two attached hydrogens (primary N) is 1. The van der Waals surface area contributed by atoms with Gasteiger partial charge < -0.3 is 16.0 Å². The van der Waals surface area contributed by atoms with Gasteiger partial charge in [0.25, 0.3) is 0 Å². The number of likely N-dealkylation sites (tertiary alicyclic amines) is 1. The molecule has 118 valence electrons. The molecular weight excluding hydrogens is 375 g/mol. The second-order valence-corrected chi connectivity index (χ2v) is 5.80. The fourth-order valence-corrected chi connectivity index (χ4v) is 2.63. The Hall–Kier alpha value is -0.820. The number of rotatable bonds is 4. The van der Waals surface area contributed by atoms with E-state index in [-0.39, 0.29) is 24.0 Å². The number of nitrogens with zero attached hydrogens (tertiary/aromatic N) is 2. The van der Waals surface area contributed by atoms with Gasteiger partial charge in [-0.2, -0.15) is 0 Å². The van der Waals surface area contributed by atoms with Crippen LogP contribution >= 0.6 is 24.0 Å². The molecule has 4 nitrogen and oxygen atoms in total. The highest BCUT2D eigenvalue weighted by atomic mass is 127. The number of nitrogens with one attached hydrogen (secondary N) is 1. The van der Waals surface area contributed by atoms with Gasteiger partial charge in [0.15, 0.2) is 5.96 Å². The lowest BCUT2D eigenvalue weighted by Crippen LogP contribution is -2.30. The summed E-state index contributed by atoms with van der Waals surface area (Å²) >= 11 is 0. The second kappa shape index (κ2) is 9.25. The fourth-order valence-electron chi connectivity index (χ4n) is 2.63. The lowest BCUT2D eigenvalue weighted by atomic mass is 9.94. The topological polar surface area (TPSA) is 53.6 Å². The molecule has 0 saturated carbocycles. The molecule has 3 N–H and O–H groups in total. The molecule has 1 aliphatic rings. The number of hydrogen-bond acceptors (Lipinski definition) is 2. The maximum Gasteiger partial charge on any atom is 0.193 e. The summed E-state index contributed by atoms with van der Waals surface area (Å²) in [6.45, 7) is 5.31. The van der Waals surface area contributed by atoms with E-state index in [4.69, 9.17) is 5.73 Å². The van der Waals surface area contributed by atoms with Gasteiger partial charge in [-0.15, -0.1) is 24.0 Å². The molecule has 0 aliphatic carbocycles. The molecule has 1 aromatic rings. The SMILES string of the molecule is Cc1cccc(NC(N)=NCCC2CCN(C)CC2)c1.I. The third-order valence-corrected chi connectivity index (χ3v) is 3.95. The Labute approximate surface area is 145 Å². The summed E-state index contributed by atoms with van der Waals surface area (Å²) in [5, 5.41) is 3.15. The van der Waals surface area contributed by atoms with Crippen LogP contribution in [0.25, 0.3) is 0 Å². The summed E-state index contributed by atoms with van der Waals surface area (Å²) < 4.78 is 0. The number of anilines is 1. The van der Waals surface area contributed by atoms with Gasteiger partial charge in [0.05, 0.1) is 0 Å². The van der Waals surface area contributed by atoms with Crippen molar-refractivity contribution in [3.63, 3.8) is 0 Å². The van der Waals surface area contributed by atoms with Crippen LogP contribution in [-0.4, -0.2) is 37.5 Å². The predicted molar refractivity (Wildman–Crippen MR) is 102 cm³/mol. The summed E-state index contributed by atoms with van der Waals surface area (Å²) in [6.07, 6.45) is 3.72. The van der Waals surface area contributed by atoms with Crippen LogP contribution in [0.2, 0.25) is 0 Å². The lowest BCUT2D eigenvalue weighted by molar-refractivity contribution is 0.214. The number of hydrogen-bond donors (Lipinski definition) is 2. The minimum atomic E-state index is 0. The van der Waals surface area contributed by atoms with Crippen molar-refractivity contribution in [3.8, 4) is 0 Å². The Bertz CT molecular complexity index is 453. The molecule has 1 heterocycles. The van der Waals surface area contributed by atoms with E-state index in [2.05, 4.69) is 41.3 Å². The molecule has 0 amide bonds. The molecule has 2 rings (SSSR count). The normalized spacial score (nSPS) is 17.3. The Morgan fingerprint density at radius 3 is 2.76 bits per heavy atom. The zero-order valence-corrected chi connectivity index (χ0v) is 15.3. The van der Waals surface area contributed by atoms with Gasteiger partial charge in [-0.25, -0.2) is 0 Å². The molecule has 1 aliphatic heterocycles. The highest BCUT2D eigenvalue weighted by Crippen LogP contribution is 2.19. The van der Waals surface area contributed by atoms with Crippen molar-refractivity contribution in [3.05, 3.63) is 29.8 Å². The van der Waals surface area contributed by atoms with Gasteiger partial charge in [-0.3, -0.25) is 4.99 Å². The lowest BCUT2D eigenvalue weighted by Gasteiger charge is -2.28. The molecule has 0 spiro atoms. The Morgan fingerprint density at radius 1 is 1.38 bits per heavy atom. The predicted octanol–water partition coefficient (Wildman–Crippen LogP) is 3.07. The van der Waals surface area contributed by atoms with Crippen molar-refractivity contribution in [1.29, 1.82) is 0 Å². The molecule has 1 fully saturated rings. The first-order chi connectivity index (χ1) is 9.63. The van der Waals surface area contributed by atoms with Gasteiger partial charge >= 0.3 is 0 Å². The van der Waals surface area contributed by atoms with Crippen molar-refractivity contribution in [1.82, 2.24) is 4.90 Å². The fraction of sp³-hybridized carbons (Fsp3) is 0.562. The van der Waals surface area contributed by atoms with E-state index in [0.717, 1.165) is 24.6 Å². The van der Waals surface area contributed by atoms with Crippen LogP contribution < -0.4 is 11.1 Å². The smallest absolute Gasteiger partial charge is 0.193 e. The van der Waals surface area contributed by atoms with E-state index < -0.39 is 0 Å². The Balaban J connectivity index is 0.00000220. The Kier molecular flexibility index (Phi) is 8.03. The molecule has 0 bridgehead atoms. The largest absolute Gasteiger partial charge is 0.370 e. The van der Waals surface area contributed by atoms with E-state index in [9.17, 15) is 0 Å². The van der Waals surface area contributed by atoms with Crippen molar-refractivity contribution in [2.24, 2.45) is 16.6 Å². The van der Waals surface area contributed by atoms with Crippen LogP contribution in [0, 0.1) is 12.8 Å². The molecule has 0 radical (unpaired) electrons. The summed E-state index contributed by atoms with van der Waals surface area (Å²) in [5.74, 6) is 1.32. The van der Waals surface area contributed by atoms with Gasteiger partial charge in [-0.1, -0.05) is 12.1 Å². The van der Waals surface area contributed by atoms with Gasteiger partial charge in [0.1, 0.15) is 0 Å². The maximum atomic E-state index is 5.92. The number of benzene rings is 1. The van der Waals surface area contributed by atoms with Crippen LogP contribution in [0.4, 0.5) is 5.69 Å². The zero-order chi connectivity index (χ0) is 14.4. The van der Waals surface area contributed by atoms with Crippen molar-refractivity contribution >= 4 is 35.6 Å². The third-order valence-electron chi connectivity index (χ3n) is 3.95. The quantitative estimate of drug-likeness (QED) is 0.463. The zero-order valence-electron chi connectivity index (χ0n) is 13.0. The minimum absolute atomic E-state index is 0. The molecule has 21 heavy (non-hydrogen) atoms. The summed E-state index contributed by atoms with van der Waals surface area (Å²) in [5.41, 5.74) is 8.15. The Morgan fingerprint density at radius 2 is 2.10 bits per heavy atom. The van der Waals surface area contributed by atoms with Gasteiger partial charge in [0, 0.05) is 12.2 Å². The average molecular weight is 402 g/mol. The maximum absolute atomic E-state index is 5.92. The van der Waals surface area contributed by atoms with Crippen molar-refractivity contribution in [2.45, 2.75) is 26.2 Å². The van der Waals surface area contributed by atoms with E-state index in [0.29, 0.717) is 5.96 Å². The standard InChI is InChI=1S/C16H26N4.HI/c1-13-4-3-5-15(12-13)19-16(17)18-9-6-14-7-10-20(2)11-8-14;/h3-5,12,14H,6-11H2,1-2H3,(H3,17,18,19);1H. The number of aliphatic imine (C=N–C) groups is 1. The van der Waals surface area contributed by atoms with E-state index in [1.165, 1.54) is 31.5 Å². The van der Waals surface area contributed by atoms with Crippen LogP contribution in [0.5, 0.6) is 0 Å². The molecule has 5 heteroatoms. The molecule has 0 unspecified atom stereocenters. The number of aryl methyl sites for hydroxylation is 1. The second-order valence-electron chi connectivity index (χ2n) is 5.80. The highest BCUT2D eigenvalue weighted by molar-refractivity contribution is 14.0. The number of guanidine groups is 1. The molecule has 1 aromatic carbocycles. The first-order valence-corrected chi connectivity index (χ1v) is 7.45. The van der Waals surface area contributed by atoms with Crippen LogP contribution in [-0.2, 0) is 0 Å². The third kappa shape index (κ3) is 6.65. The van der Waals surface area contributed by atoms with Gasteiger partial charge in [-0.05, 0) is 69.9 Å². The summed E-state index contributed by atoms with van der Waals surface area (Å²) in [4.78, 5) is 6.83. The summed E-state index contributed by atoms with van der Waals surface area (Å²) in [6, 6.07) is 8.16. The summed E-state index contributed by atoms with van der Waals surface area (Å²) in [7, 11) is 2.19. The minimum Gasteiger partial charge on any atom is -0.370 e.